The molecule has 0 aliphatic carbocycles. The number of aromatic nitrogens is 2. The first-order valence-electron chi connectivity index (χ1n) is 6.84. The van der Waals surface area contributed by atoms with Crippen molar-refractivity contribution in [1.29, 1.82) is 0 Å². The minimum absolute atomic E-state index is 0.0730. The molecule has 0 saturated carbocycles. The quantitative estimate of drug-likeness (QED) is 0.844. The fraction of sp³-hybridized carbons (Fsp3) is 0.467. The van der Waals surface area contributed by atoms with Gasteiger partial charge in [-0.1, -0.05) is 26.8 Å². The van der Waals surface area contributed by atoms with Crippen molar-refractivity contribution in [1.82, 2.24) is 9.97 Å². The predicted molar refractivity (Wildman–Crippen MR) is 83.7 cm³/mol. The van der Waals surface area contributed by atoms with Crippen LogP contribution in [-0.4, -0.2) is 23.1 Å². The summed E-state index contributed by atoms with van der Waals surface area (Å²) in [5.74, 6) is 1.43. The molecule has 0 fully saturated rings. The fourth-order valence-corrected chi connectivity index (χ4v) is 2.64. The van der Waals surface area contributed by atoms with E-state index < -0.39 is 0 Å². The van der Waals surface area contributed by atoms with Gasteiger partial charge >= 0.3 is 0 Å². The van der Waals surface area contributed by atoms with Crippen LogP contribution < -0.4 is 10.1 Å². The summed E-state index contributed by atoms with van der Waals surface area (Å²) in [7, 11) is 0. The summed E-state index contributed by atoms with van der Waals surface area (Å²) in [5, 5.41) is 5.48. The average Bonchev–Trinajstić information content (AvgIpc) is 2.98. The second-order valence-electron chi connectivity index (χ2n) is 5.30. The number of anilines is 1. The lowest BCUT2D eigenvalue weighted by atomic mass is 9.91. The third-order valence-electron chi connectivity index (χ3n) is 3.00. The Bertz CT molecular complexity index is 526. The van der Waals surface area contributed by atoms with Gasteiger partial charge in [0.1, 0.15) is 12.1 Å². The van der Waals surface area contributed by atoms with E-state index in [1.165, 1.54) is 11.2 Å². The zero-order valence-corrected chi connectivity index (χ0v) is 13.0. The highest BCUT2D eigenvalue weighted by molar-refractivity contribution is 7.10. The molecule has 0 spiro atoms. The third-order valence-corrected chi connectivity index (χ3v) is 4.23. The minimum Gasteiger partial charge on any atom is -0.478 e. The molecule has 0 aliphatic heterocycles. The van der Waals surface area contributed by atoms with Crippen LogP contribution in [0.1, 0.15) is 32.1 Å². The number of hydrogen-bond donors (Lipinski definition) is 1. The monoisotopic (exact) mass is 291 g/mol. The Morgan fingerprint density at radius 2 is 2.20 bits per heavy atom. The Hall–Kier alpha value is -1.62. The molecule has 20 heavy (non-hydrogen) atoms. The van der Waals surface area contributed by atoms with Crippen LogP contribution in [0, 0.1) is 0 Å². The second kappa shape index (κ2) is 6.70. The molecule has 2 rings (SSSR count). The molecule has 2 aromatic rings. The van der Waals surface area contributed by atoms with Gasteiger partial charge in [0.15, 0.2) is 0 Å². The van der Waals surface area contributed by atoms with Crippen LogP contribution in [0.5, 0.6) is 5.88 Å². The highest BCUT2D eigenvalue weighted by atomic mass is 32.1. The van der Waals surface area contributed by atoms with Crippen molar-refractivity contribution < 1.29 is 4.74 Å². The fourth-order valence-electron chi connectivity index (χ4n) is 1.78. The van der Waals surface area contributed by atoms with Gasteiger partial charge < -0.3 is 10.1 Å². The van der Waals surface area contributed by atoms with Crippen LogP contribution >= 0.6 is 11.3 Å². The number of rotatable bonds is 7. The number of nitrogens with one attached hydrogen (secondary N) is 1. The average molecular weight is 291 g/mol. The van der Waals surface area contributed by atoms with E-state index in [9.17, 15) is 0 Å². The van der Waals surface area contributed by atoms with E-state index in [2.05, 4.69) is 53.6 Å². The van der Waals surface area contributed by atoms with Gasteiger partial charge in [-0.25, -0.2) is 9.97 Å². The third kappa shape index (κ3) is 3.93. The van der Waals surface area contributed by atoms with Crippen molar-refractivity contribution in [2.75, 3.05) is 18.5 Å². The lowest BCUT2D eigenvalue weighted by Crippen LogP contribution is -2.26. The molecular formula is C15H21N3OS. The summed E-state index contributed by atoms with van der Waals surface area (Å²) in [6.45, 7) is 8.02. The summed E-state index contributed by atoms with van der Waals surface area (Å²) in [4.78, 5) is 9.70. The van der Waals surface area contributed by atoms with E-state index >= 15 is 0 Å². The Morgan fingerprint density at radius 1 is 1.35 bits per heavy atom. The van der Waals surface area contributed by atoms with Gasteiger partial charge in [0.05, 0.1) is 6.61 Å². The largest absolute Gasteiger partial charge is 0.478 e. The minimum atomic E-state index is 0.0730. The predicted octanol–water partition coefficient (Wildman–Crippen LogP) is 3.72. The molecule has 0 saturated heterocycles. The highest BCUT2D eigenvalue weighted by Gasteiger charge is 2.21. The SMILES string of the molecule is CCCOc1cc(NCC(C)(C)c2cccs2)ncn1. The lowest BCUT2D eigenvalue weighted by Gasteiger charge is -2.24. The highest BCUT2D eigenvalue weighted by Crippen LogP contribution is 2.27. The molecule has 0 unspecified atom stereocenters. The summed E-state index contributed by atoms with van der Waals surface area (Å²) in [5.41, 5.74) is 0.0730. The van der Waals surface area contributed by atoms with Gasteiger partial charge in [-0.15, -0.1) is 11.3 Å². The molecule has 0 bridgehead atoms. The number of ether oxygens (including phenoxy) is 1. The first-order valence-corrected chi connectivity index (χ1v) is 7.72. The molecule has 2 heterocycles. The van der Waals surface area contributed by atoms with Gasteiger partial charge in [0.25, 0.3) is 0 Å². The maximum absolute atomic E-state index is 5.51. The van der Waals surface area contributed by atoms with E-state index in [1.807, 2.05) is 6.07 Å². The molecule has 1 N–H and O–H groups in total. The van der Waals surface area contributed by atoms with Crippen molar-refractivity contribution in [2.45, 2.75) is 32.6 Å². The van der Waals surface area contributed by atoms with E-state index in [0.717, 1.165) is 18.8 Å². The van der Waals surface area contributed by atoms with Crippen LogP contribution in [0.4, 0.5) is 5.82 Å². The molecule has 4 nitrogen and oxygen atoms in total. The van der Waals surface area contributed by atoms with E-state index in [1.54, 1.807) is 11.3 Å². The van der Waals surface area contributed by atoms with Crippen LogP contribution in [0.25, 0.3) is 0 Å². The molecular weight excluding hydrogens is 270 g/mol. The molecule has 0 aliphatic rings. The zero-order valence-electron chi connectivity index (χ0n) is 12.2. The number of hydrogen-bond acceptors (Lipinski definition) is 5. The maximum Gasteiger partial charge on any atom is 0.218 e. The van der Waals surface area contributed by atoms with Gasteiger partial charge in [-0.05, 0) is 17.9 Å². The second-order valence-corrected chi connectivity index (χ2v) is 6.25. The molecule has 0 atom stereocenters. The van der Waals surface area contributed by atoms with Crippen LogP contribution in [0.2, 0.25) is 0 Å². The van der Waals surface area contributed by atoms with Crippen LogP contribution in [0.3, 0.4) is 0 Å². The van der Waals surface area contributed by atoms with Crippen molar-refractivity contribution in [3.63, 3.8) is 0 Å². The molecule has 0 aromatic carbocycles. The Kier molecular flexibility index (Phi) is 4.95. The molecule has 2 aromatic heterocycles. The van der Waals surface area contributed by atoms with Gasteiger partial charge in [0.2, 0.25) is 5.88 Å². The van der Waals surface area contributed by atoms with E-state index in [4.69, 9.17) is 4.74 Å². The Labute approximate surface area is 124 Å². The molecule has 0 radical (unpaired) electrons. The van der Waals surface area contributed by atoms with Gasteiger partial charge in [-0.2, -0.15) is 0 Å². The zero-order chi connectivity index (χ0) is 14.4. The topological polar surface area (TPSA) is 47.0 Å². The van der Waals surface area contributed by atoms with Crippen molar-refractivity contribution >= 4 is 17.2 Å². The standard InChI is InChI=1S/C15H21N3OS/c1-4-7-19-14-9-13(17-11-18-14)16-10-15(2,3)12-6-5-8-20-12/h5-6,8-9,11H,4,7,10H2,1-3H3,(H,16,17,18). The van der Waals surface area contributed by atoms with Crippen molar-refractivity contribution in [3.05, 3.63) is 34.8 Å². The van der Waals surface area contributed by atoms with Crippen molar-refractivity contribution in [3.8, 4) is 5.88 Å². The summed E-state index contributed by atoms with van der Waals surface area (Å²) in [6.07, 6.45) is 2.50. The van der Waals surface area contributed by atoms with Gasteiger partial charge in [0, 0.05) is 22.9 Å². The Balaban J connectivity index is 1.96. The summed E-state index contributed by atoms with van der Waals surface area (Å²) in [6, 6.07) is 6.10. The number of thiophene rings is 1. The molecule has 0 amide bonds. The lowest BCUT2D eigenvalue weighted by molar-refractivity contribution is 0.305. The first-order chi connectivity index (χ1) is 9.62. The summed E-state index contributed by atoms with van der Waals surface area (Å²) < 4.78 is 5.51. The summed E-state index contributed by atoms with van der Waals surface area (Å²) >= 11 is 1.78. The van der Waals surface area contributed by atoms with Crippen molar-refractivity contribution in [2.24, 2.45) is 0 Å². The normalized spacial score (nSPS) is 11.3. The van der Waals surface area contributed by atoms with Gasteiger partial charge in [-0.3, -0.25) is 0 Å². The van der Waals surface area contributed by atoms with Crippen LogP contribution in [-0.2, 0) is 5.41 Å². The first kappa shape index (κ1) is 14.8. The maximum atomic E-state index is 5.51. The van der Waals surface area contributed by atoms with Crippen LogP contribution in [0.15, 0.2) is 29.9 Å². The molecule has 108 valence electrons. The molecule has 5 heteroatoms. The van der Waals surface area contributed by atoms with E-state index in [0.29, 0.717) is 12.5 Å². The smallest absolute Gasteiger partial charge is 0.218 e. The van der Waals surface area contributed by atoms with E-state index in [-0.39, 0.29) is 5.41 Å². The number of nitrogens with zero attached hydrogens (tertiary/aromatic N) is 2. The Morgan fingerprint density at radius 3 is 2.90 bits per heavy atom.